The quantitative estimate of drug-likeness (QED) is 0.499. The minimum absolute atomic E-state index is 0.156. The fourth-order valence-electron chi connectivity index (χ4n) is 3.16. The molecular weight excluding hydrogens is 354 g/mol. The molecule has 0 saturated heterocycles. The van der Waals surface area contributed by atoms with Crippen LogP contribution in [-0.2, 0) is 0 Å². The molecule has 0 unspecified atom stereocenters. The molecule has 0 aliphatic rings. The molecule has 0 atom stereocenters. The van der Waals surface area contributed by atoms with Crippen molar-refractivity contribution in [1.29, 1.82) is 0 Å². The lowest BCUT2D eigenvalue weighted by Crippen LogP contribution is -2.25. The summed E-state index contributed by atoms with van der Waals surface area (Å²) in [6.45, 7) is 4.69. The van der Waals surface area contributed by atoms with Crippen molar-refractivity contribution < 1.29 is 19.8 Å². The zero-order valence-electron chi connectivity index (χ0n) is 14.6. The molecule has 0 spiro atoms. The maximum Gasteiger partial charge on any atom is 0.352 e. The number of pyridine rings is 2. The van der Waals surface area contributed by atoms with Crippen molar-refractivity contribution in [1.82, 2.24) is 9.97 Å². The van der Waals surface area contributed by atoms with Gasteiger partial charge in [-0.05, 0) is 19.9 Å². The fourth-order valence-corrected chi connectivity index (χ4v) is 3.16. The number of carboxylic acid groups (broad SMARTS) is 2. The normalized spacial score (nSPS) is 11.0. The van der Waals surface area contributed by atoms with E-state index in [0.29, 0.717) is 18.8 Å². The van der Waals surface area contributed by atoms with Gasteiger partial charge in [0.2, 0.25) is 0 Å². The van der Waals surface area contributed by atoms with Crippen LogP contribution in [0.1, 0.15) is 34.8 Å². The van der Waals surface area contributed by atoms with Crippen LogP contribution in [0.5, 0.6) is 0 Å². The molecule has 0 aliphatic carbocycles. The van der Waals surface area contributed by atoms with Crippen molar-refractivity contribution in [2.45, 2.75) is 13.8 Å². The predicted octanol–water partition coefficient (Wildman–Crippen LogP) is 1.61. The summed E-state index contributed by atoms with van der Waals surface area (Å²) in [6, 6.07) is 3.28. The monoisotopic (exact) mass is 371 g/mol. The number of carbonyl (C=O) groups is 2. The molecular formula is C18H17N3O6. The van der Waals surface area contributed by atoms with E-state index in [2.05, 4.69) is 9.97 Å². The van der Waals surface area contributed by atoms with Gasteiger partial charge in [0.1, 0.15) is 11.4 Å². The van der Waals surface area contributed by atoms with E-state index >= 15 is 0 Å². The van der Waals surface area contributed by atoms with Gasteiger partial charge in [-0.1, -0.05) is 0 Å². The summed E-state index contributed by atoms with van der Waals surface area (Å²) >= 11 is 0. The molecule has 0 fully saturated rings. The summed E-state index contributed by atoms with van der Waals surface area (Å²) < 4.78 is 0. The predicted molar refractivity (Wildman–Crippen MR) is 100 cm³/mol. The number of aromatic amines is 2. The van der Waals surface area contributed by atoms with Gasteiger partial charge in [0.25, 0.3) is 0 Å². The van der Waals surface area contributed by atoms with Gasteiger partial charge in [0, 0.05) is 36.0 Å². The number of benzene rings is 1. The molecule has 9 nitrogen and oxygen atoms in total. The van der Waals surface area contributed by atoms with E-state index in [1.165, 1.54) is 6.07 Å². The van der Waals surface area contributed by atoms with E-state index < -0.39 is 22.8 Å². The van der Waals surface area contributed by atoms with E-state index in [9.17, 15) is 29.4 Å². The van der Waals surface area contributed by atoms with Gasteiger partial charge < -0.3 is 25.1 Å². The second kappa shape index (κ2) is 6.60. The molecule has 2 heterocycles. The Morgan fingerprint density at radius 2 is 1.26 bits per heavy atom. The third kappa shape index (κ3) is 2.92. The number of H-pyrrole nitrogens is 2. The molecule has 0 radical (unpaired) electrons. The number of aromatic nitrogens is 2. The van der Waals surface area contributed by atoms with Gasteiger partial charge in [-0.3, -0.25) is 9.59 Å². The molecule has 1 aromatic carbocycles. The molecule has 27 heavy (non-hydrogen) atoms. The molecule has 4 N–H and O–H groups in total. The summed E-state index contributed by atoms with van der Waals surface area (Å²) in [5.41, 5.74) is -0.832. The molecule has 140 valence electrons. The highest BCUT2D eigenvalue weighted by Gasteiger charge is 2.20. The van der Waals surface area contributed by atoms with Crippen LogP contribution in [0.3, 0.4) is 0 Å². The lowest BCUT2D eigenvalue weighted by Gasteiger charge is -2.24. The first-order valence-electron chi connectivity index (χ1n) is 8.27. The standard InChI is InChI=1S/C18H17N3O6/c1-3-21(4-2)16-14-8(12(22)6-10(19-14)17(24)25)5-9-13(23)7-11(18(26)27)20-15(9)16/h5-7H,3-4H2,1-2H3,(H,19,22)(H,20,23)(H,24,25)(H,26,27). The zero-order chi connectivity index (χ0) is 19.9. The van der Waals surface area contributed by atoms with Crippen LogP contribution in [0.15, 0.2) is 27.8 Å². The molecule has 0 amide bonds. The Morgan fingerprint density at radius 1 is 0.852 bits per heavy atom. The van der Waals surface area contributed by atoms with Crippen LogP contribution >= 0.6 is 0 Å². The Balaban J connectivity index is 2.63. The number of hydrogen-bond acceptors (Lipinski definition) is 5. The average molecular weight is 371 g/mol. The zero-order valence-corrected chi connectivity index (χ0v) is 14.6. The van der Waals surface area contributed by atoms with Crippen LogP contribution in [0.25, 0.3) is 21.8 Å². The minimum Gasteiger partial charge on any atom is -0.477 e. The van der Waals surface area contributed by atoms with Gasteiger partial charge in [0.05, 0.1) is 16.7 Å². The Bertz CT molecular complexity index is 1120. The number of carboxylic acids is 2. The van der Waals surface area contributed by atoms with Gasteiger partial charge >= 0.3 is 11.9 Å². The largest absolute Gasteiger partial charge is 0.477 e. The second-order valence-corrected chi connectivity index (χ2v) is 5.95. The molecule has 3 rings (SSSR count). The van der Waals surface area contributed by atoms with Gasteiger partial charge in [0.15, 0.2) is 10.9 Å². The van der Waals surface area contributed by atoms with Crippen LogP contribution in [0, 0.1) is 0 Å². The third-order valence-electron chi connectivity index (χ3n) is 4.44. The highest BCUT2D eigenvalue weighted by atomic mass is 16.4. The number of rotatable bonds is 5. The van der Waals surface area contributed by atoms with Gasteiger partial charge in [-0.15, -0.1) is 0 Å². The van der Waals surface area contributed by atoms with E-state index in [1.807, 2.05) is 18.7 Å². The average Bonchev–Trinajstić information content (AvgIpc) is 2.62. The highest BCUT2D eigenvalue weighted by Crippen LogP contribution is 2.31. The maximum absolute atomic E-state index is 12.5. The Kier molecular flexibility index (Phi) is 4.44. The first kappa shape index (κ1) is 18.2. The molecule has 2 aromatic heterocycles. The topological polar surface area (TPSA) is 144 Å². The van der Waals surface area contributed by atoms with Crippen LogP contribution in [0.4, 0.5) is 5.69 Å². The second-order valence-electron chi connectivity index (χ2n) is 5.95. The van der Waals surface area contributed by atoms with E-state index in [1.54, 1.807) is 0 Å². The Hall–Kier alpha value is -3.62. The fraction of sp³-hybridized carbons (Fsp3) is 0.222. The smallest absolute Gasteiger partial charge is 0.352 e. The highest BCUT2D eigenvalue weighted by molar-refractivity contribution is 6.09. The molecule has 0 aliphatic heterocycles. The lowest BCUT2D eigenvalue weighted by molar-refractivity contribution is 0.0680. The Labute approximate surface area is 151 Å². The van der Waals surface area contributed by atoms with E-state index in [0.717, 1.165) is 12.1 Å². The minimum atomic E-state index is -1.30. The summed E-state index contributed by atoms with van der Waals surface area (Å²) in [5.74, 6) is -2.60. The number of nitrogens with zero attached hydrogens (tertiary/aromatic N) is 1. The van der Waals surface area contributed by atoms with Crippen LogP contribution < -0.4 is 15.8 Å². The van der Waals surface area contributed by atoms with Gasteiger partial charge in [-0.2, -0.15) is 0 Å². The first-order chi connectivity index (χ1) is 12.8. The third-order valence-corrected chi connectivity index (χ3v) is 4.44. The maximum atomic E-state index is 12.5. The summed E-state index contributed by atoms with van der Waals surface area (Å²) in [5, 5.41) is 18.8. The Morgan fingerprint density at radius 3 is 1.59 bits per heavy atom. The molecule has 3 aromatic rings. The summed E-state index contributed by atoms with van der Waals surface area (Å²) in [6.07, 6.45) is 0. The van der Waals surface area contributed by atoms with Crippen molar-refractivity contribution in [3.63, 3.8) is 0 Å². The summed E-state index contributed by atoms with van der Waals surface area (Å²) in [7, 11) is 0. The van der Waals surface area contributed by atoms with Gasteiger partial charge in [-0.25, -0.2) is 9.59 Å². The molecule has 0 bridgehead atoms. The van der Waals surface area contributed by atoms with E-state index in [4.69, 9.17) is 0 Å². The lowest BCUT2D eigenvalue weighted by atomic mass is 10.1. The van der Waals surface area contributed by atoms with Crippen molar-refractivity contribution in [3.05, 3.63) is 50.0 Å². The van der Waals surface area contributed by atoms with Crippen molar-refractivity contribution in [2.24, 2.45) is 0 Å². The number of aromatic carboxylic acids is 2. The summed E-state index contributed by atoms with van der Waals surface area (Å²) in [4.78, 5) is 55.0. The number of hydrogen-bond donors (Lipinski definition) is 4. The number of anilines is 1. The van der Waals surface area contributed by atoms with Crippen LogP contribution in [-0.4, -0.2) is 45.2 Å². The molecule has 0 saturated carbocycles. The van der Waals surface area contributed by atoms with Crippen molar-refractivity contribution in [2.75, 3.05) is 18.0 Å². The number of fused-ring (bicyclic) bond motifs is 2. The molecule has 9 heteroatoms. The van der Waals surface area contributed by atoms with Crippen molar-refractivity contribution in [3.8, 4) is 0 Å². The van der Waals surface area contributed by atoms with Crippen molar-refractivity contribution >= 4 is 39.4 Å². The van der Waals surface area contributed by atoms with Crippen LogP contribution in [0.2, 0.25) is 0 Å². The first-order valence-corrected chi connectivity index (χ1v) is 8.27. The SMILES string of the molecule is CCN(CC)c1c2[nH]c(C(=O)O)cc(=O)c2cc2c(=O)cc(C(=O)O)[nH]c12. The number of nitrogens with one attached hydrogen (secondary N) is 2. The van der Waals surface area contributed by atoms with E-state index in [-0.39, 0.29) is 33.2 Å².